The quantitative estimate of drug-likeness (QED) is 0.367. The first-order valence-electron chi connectivity index (χ1n) is 17.3. The van der Waals surface area contributed by atoms with E-state index in [0.717, 1.165) is 73.1 Å². The smallest absolute Gasteiger partial charge is 0.341 e. The Morgan fingerprint density at radius 1 is 1.00 bits per heavy atom. The summed E-state index contributed by atoms with van der Waals surface area (Å²) >= 11 is 0. The Balaban J connectivity index is 1.12. The van der Waals surface area contributed by atoms with E-state index in [1.54, 1.807) is 7.11 Å². The molecule has 2 amide bonds. The van der Waals surface area contributed by atoms with Crippen molar-refractivity contribution in [1.29, 1.82) is 0 Å². The van der Waals surface area contributed by atoms with Crippen molar-refractivity contribution < 1.29 is 31.6 Å². The molecule has 3 aromatic rings. The fraction of sp³-hybridized carbons (Fsp3) is 0.528. The fourth-order valence-electron chi connectivity index (χ4n) is 8.54. The number of benzene rings is 2. The van der Waals surface area contributed by atoms with E-state index in [9.17, 15) is 22.8 Å². The lowest BCUT2D eigenvalue weighted by atomic mass is 9.92. The van der Waals surface area contributed by atoms with Gasteiger partial charge in [0.15, 0.2) is 0 Å². The van der Waals surface area contributed by atoms with E-state index >= 15 is 4.39 Å². The lowest BCUT2D eigenvalue weighted by molar-refractivity contribution is 0.0727. The van der Waals surface area contributed by atoms with E-state index < -0.39 is 33.5 Å². The van der Waals surface area contributed by atoms with Crippen molar-refractivity contribution in [3.05, 3.63) is 73.4 Å². The minimum absolute atomic E-state index is 0.0546. The molecule has 4 aliphatic rings. The van der Waals surface area contributed by atoms with Crippen molar-refractivity contribution in [2.24, 2.45) is 0 Å². The third kappa shape index (κ3) is 5.79. The molecule has 0 spiro atoms. The second-order valence-electron chi connectivity index (χ2n) is 14.2. The summed E-state index contributed by atoms with van der Waals surface area (Å²) in [4.78, 5) is 46.3. The van der Waals surface area contributed by atoms with Crippen LogP contribution in [0.4, 0.5) is 10.1 Å². The molecule has 5 heterocycles. The lowest BCUT2D eigenvalue weighted by Crippen LogP contribution is -2.53. The number of likely N-dealkylation sites (N-methyl/N-ethyl adjacent to an activating group) is 1. The number of nitrogens with one attached hydrogen (secondary N) is 1. The summed E-state index contributed by atoms with van der Waals surface area (Å²) in [7, 11) is -0.301. The van der Waals surface area contributed by atoms with Crippen molar-refractivity contribution >= 4 is 38.7 Å². The van der Waals surface area contributed by atoms with Crippen LogP contribution in [0.5, 0.6) is 0 Å². The van der Waals surface area contributed by atoms with Gasteiger partial charge in [0.1, 0.15) is 11.4 Å². The predicted molar refractivity (Wildman–Crippen MR) is 186 cm³/mol. The van der Waals surface area contributed by atoms with Crippen LogP contribution in [-0.2, 0) is 27.9 Å². The minimum Gasteiger partial charge on any atom is -0.422 e. The number of amides is 2. The number of ether oxygens (including phenoxy) is 1. The highest BCUT2D eigenvalue weighted by molar-refractivity contribution is 7.87. The molecule has 1 atom stereocenters. The highest BCUT2D eigenvalue weighted by Crippen LogP contribution is 2.39. The largest absolute Gasteiger partial charge is 0.422 e. The van der Waals surface area contributed by atoms with Gasteiger partial charge >= 0.3 is 15.8 Å². The molecule has 3 fully saturated rings. The SMILES string of the molecule is COCC1CN(c2cc(C)c3c4c(c(=O)oc3c2C)CN(C(=O)c2ccc(C(=O)NS(=O)(=O)N3C5CCC3CC5)c(C)c2F)CC4)CCN1C. The van der Waals surface area contributed by atoms with Crippen molar-refractivity contribution in [1.82, 2.24) is 18.8 Å². The van der Waals surface area contributed by atoms with Gasteiger partial charge in [0.05, 0.1) is 30.3 Å². The molecule has 0 radical (unpaired) electrons. The maximum atomic E-state index is 15.8. The molecule has 14 heteroatoms. The molecular formula is C36H44FN5O7S. The van der Waals surface area contributed by atoms with Crippen LogP contribution in [-0.4, -0.2) is 99.4 Å². The molecule has 2 bridgehead atoms. The number of fused-ring (bicyclic) bond motifs is 5. The van der Waals surface area contributed by atoms with Crippen LogP contribution in [0, 0.1) is 26.6 Å². The molecule has 2 aromatic carbocycles. The Morgan fingerprint density at radius 2 is 1.68 bits per heavy atom. The molecule has 3 saturated heterocycles. The summed E-state index contributed by atoms with van der Waals surface area (Å²) < 4.78 is 56.8. The maximum Gasteiger partial charge on any atom is 0.341 e. The van der Waals surface area contributed by atoms with Gasteiger partial charge in [0, 0.05) is 67.6 Å². The van der Waals surface area contributed by atoms with E-state index in [1.807, 2.05) is 13.8 Å². The summed E-state index contributed by atoms with van der Waals surface area (Å²) in [6.07, 6.45) is 3.42. The van der Waals surface area contributed by atoms with Gasteiger partial charge in [-0.2, -0.15) is 12.7 Å². The van der Waals surface area contributed by atoms with E-state index in [0.29, 0.717) is 24.2 Å². The number of methoxy groups -OCH3 is 1. The average molecular weight is 710 g/mol. The Hall–Kier alpha value is -3.85. The topological polar surface area (TPSA) is 133 Å². The van der Waals surface area contributed by atoms with Crippen molar-refractivity contribution in [2.45, 2.75) is 77.5 Å². The Kier molecular flexibility index (Phi) is 9.02. The number of nitrogens with zero attached hydrogens (tertiary/aromatic N) is 4. The summed E-state index contributed by atoms with van der Waals surface area (Å²) in [6, 6.07) is 4.60. The Morgan fingerprint density at radius 3 is 2.36 bits per heavy atom. The molecule has 0 aliphatic carbocycles. The van der Waals surface area contributed by atoms with Crippen LogP contribution in [0.3, 0.4) is 0 Å². The number of halogens is 1. The Bertz CT molecular complexity index is 2050. The second kappa shape index (κ2) is 13.0. The molecular weight excluding hydrogens is 665 g/mol. The van der Waals surface area contributed by atoms with Gasteiger partial charge in [-0.3, -0.25) is 14.5 Å². The molecule has 1 N–H and O–H groups in total. The van der Waals surface area contributed by atoms with E-state index in [-0.39, 0.29) is 47.9 Å². The monoisotopic (exact) mass is 709 g/mol. The first-order chi connectivity index (χ1) is 23.8. The molecule has 268 valence electrons. The number of aryl methyl sites for hydroxylation is 2. The van der Waals surface area contributed by atoms with Crippen molar-refractivity contribution in [3.8, 4) is 0 Å². The number of carbonyl (C=O) groups excluding carboxylic acids is 2. The van der Waals surface area contributed by atoms with Gasteiger partial charge in [-0.15, -0.1) is 0 Å². The summed E-state index contributed by atoms with van der Waals surface area (Å²) in [5, 5.41) is 0.866. The molecule has 1 unspecified atom stereocenters. The lowest BCUT2D eigenvalue weighted by Gasteiger charge is -2.41. The summed E-state index contributed by atoms with van der Waals surface area (Å²) in [6.45, 7) is 8.61. The summed E-state index contributed by atoms with van der Waals surface area (Å²) in [5.41, 5.74) is 3.52. The molecule has 7 rings (SSSR count). The Labute approximate surface area is 291 Å². The number of piperazine rings is 1. The third-order valence-electron chi connectivity index (χ3n) is 11.3. The van der Waals surface area contributed by atoms with Gasteiger partial charge in [0.25, 0.3) is 11.8 Å². The highest BCUT2D eigenvalue weighted by Gasteiger charge is 2.47. The first-order valence-corrected chi connectivity index (χ1v) is 18.7. The van der Waals surface area contributed by atoms with E-state index in [1.165, 1.54) is 28.3 Å². The van der Waals surface area contributed by atoms with Gasteiger partial charge < -0.3 is 19.0 Å². The van der Waals surface area contributed by atoms with Gasteiger partial charge in [-0.05, 0) is 94.8 Å². The zero-order chi connectivity index (χ0) is 35.6. The van der Waals surface area contributed by atoms with Crippen molar-refractivity contribution in [2.75, 3.05) is 51.8 Å². The average Bonchev–Trinajstić information content (AvgIpc) is 3.70. The number of anilines is 1. The molecule has 4 aliphatic heterocycles. The van der Waals surface area contributed by atoms with Gasteiger partial charge in [-0.25, -0.2) is 13.9 Å². The minimum atomic E-state index is -4.10. The first kappa shape index (κ1) is 34.6. The second-order valence-corrected chi connectivity index (χ2v) is 15.8. The van der Waals surface area contributed by atoms with Gasteiger partial charge in [0.2, 0.25) is 0 Å². The molecule has 50 heavy (non-hydrogen) atoms. The molecule has 1 aromatic heterocycles. The van der Waals surface area contributed by atoms with Crippen LogP contribution in [0.1, 0.15) is 74.2 Å². The number of hydrogen-bond acceptors (Lipinski definition) is 9. The standard InChI is InChI=1S/C36H44FN5O7S/c1-20-16-30(40-15-14-39(4)25(17-40)19-48-5)22(3)33-31(20)27-12-13-41(18-29(27)36(45)49-33)35(44)28-11-10-26(21(2)32(28)37)34(43)38-50(46,47)42-23-6-7-24(42)9-8-23/h10-11,16,23-25H,6-9,12-15,17-19H2,1-5H3,(H,38,43). The normalized spacial score (nSPS) is 22.7. The van der Waals surface area contributed by atoms with Crippen molar-refractivity contribution in [3.63, 3.8) is 0 Å². The van der Waals surface area contributed by atoms with Crippen LogP contribution >= 0.6 is 0 Å². The van der Waals surface area contributed by atoms with Crippen LogP contribution in [0.25, 0.3) is 11.0 Å². The number of hydrogen-bond donors (Lipinski definition) is 1. The van der Waals surface area contributed by atoms with Gasteiger partial charge in [-0.1, -0.05) is 0 Å². The van der Waals surface area contributed by atoms with E-state index in [2.05, 4.69) is 27.6 Å². The molecule has 0 saturated carbocycles. The molecule has 12 nitrogen and oxygen atoms in total. The van der Waals surface area contributed by atoms with Crippen LogP contribution < -0.4 is 15.2 Å². The van der Waals surface area contributed by atoms with Crippen LogP contribution in [0.2, 0.25) is 0 Å². The number of rotatable bonds is 7. The predicted octanol–water partition coefficient (Wildman–Crippen LogP) is 3.42. The van der Waals surface area contributed by atoms with Crippen LogP contribution in [0.15, 0.2) is 27.4 Å². The zero-order valence-corrected chi connectivity index (χ0v) is 30.0. The fourth-order valence-corrected chi connectivity index (χ4v) is 10.2. The summed E-state index contributed by atoms with van der Waals surface area (Å²) in [5.74, 6) is -2.49. The van der Waals surface area contributed by atoms with E-state index in [4.69, 9.17) is 9.15 Å². The highest BCUT2D eigenvalue weighted by atomic mass is 32.2. The number of carbonyl (C=O) groups is 2. The third-order valence-corrected chi connectivity index (χ3v) is 12.9. The maximum absolute atomic E-state index is 15.8. The zero-order valence-electron chi connectivity index (χ0n) is 29.2.